The summed E-state index contributed by atoms with van der Waals surface area (Å²) in [5.41, 5.74) is 8.08. The first kappa shape index (κ1) is 15.8. The Hall–Kier alpha value is -2.05. The lowest BCUT2D eigenvalue weighted by Gasteiger charge is -2.07. The monoisotopic (exact) mass is 392 g/mol. The first-order valence-electron chi connectivity index (χ1n) is 6.86. The van der Waals surface area contributed by atoms with E-state index in [9.17, 15) is 0 Å². The van der Waals surface area contributed by atoms with Crippen LogP contribution in [0, 0.1) is 0 Å². The van der Waals surface area contributed by atoms with Crippen molar-refractivity contribution in [3.63, 3.8) is 0 Å². The fourth-order valence-electron chi connectivity index (χ4n) is 2.25. The molecule has 2 aromatic carbocycles. The molecule has 1 heterocycles. The van der Waals surface area contributed by atoms with E-state index in [-0.39, 0.29) is 0 Å². The molecule has 5 nitrogen and oxygen atoms in total. The number of methoxy groups -OCH3 is 1. The topological polar surface area (TPSA) is 76.8 Å². The van der Waals surface area contributed by atoms with Crippen LogP contribution in [0.25, 0.3) is 11.4 Å². The lowest BCUT2D eigenvalue weighted by Crippen LogP contribution is -1.94. The molecule has 118 valence electrons. The van der Waals surface area contributed by atoms with E-state index >= 15 is 0 Å². The van der Waals surface area contributed by atoms with Crippen LogP contribution < -0.4 is 10.5 Å². The van der Waals surface area contributed by atoms with Crippen LogP contribution in [0.4, 0.5) is 5.69 Å². The lowest BCUT2D eigenvalue weighted by molar-refractivity contribution is 0.416. The number of aromatic nitrogens is 3. The highest BCUT2D eigenvalue weighted by Gasteiger charge is 2.14. The predicted octanol–water partition coefficient (Wildman–Crippen LogP) is 4.07. The lowest BCUT2D eigenvalue weighted by atomic mass is 10.1. The van der Waals surface area contributed by atoms with Gasteiger partial charge < -0.3 is 10.5 Å². The summed E-state index contributed by atoms with van der Waals surface area (Å²) < 4.78 is 6.37. The van der Waals surface area contributed by atoms with Crippen molar-refractivity contribution in [3.8, 4) is 17.1 Å². The molecule has 0 aliphatic heterocycles. The zero-order chi connectivity index (χ0) is 16.4. The molecule has 3 rings (SSSR count). The van der Waals surface area contributed by atoms with Crippen molar-refractivity contribution in [1.82, 2.24) is 15.2 Å². The van der Waals surface area contributed by atoms with Crippen molar-refractivity contribution in [2.75, 3.05) is 12.8 Å². The Bertz CT molecular complexity index is 850. The maximum atomic E-state index is 6.10. The van der Waals surface area contributed by atoms with Crippen molar-refractivity contribution in [2.24, 2.45) is 0 Å². The minimum atomic E-state index is 0.444. The van der Waals surface area contributed by atoms with Gasteiger partial charge in [0.15, 0.2) is 5.82 Å². The maximum absolute atomic E-state index is 6.10. The van der Waals surface area contributed by atoms with Gasteiger partial charge >= 0.3 is 0 Å². The summed E-state index contributed by atoms with van der Waals surface area (Å²) in [6.07, 6.45) is 0.650. The molecule has 0 saturated heterocycles. The van der Waals surface area contributed by atoms with E-state index in [1.165, 1.54) is 0 Å². The highest BCUT2D eigenvalue weighted by molar-refractivity contribution is 9.10. The van der Waals surface area contributed by atoms with Gasteiger partial charge in [0, 0.05) is 17.0 Å². The molecule has 3 aromatic rings. The number of hydrogen-bond acceptors (Lipinski definition) is 4. The average Bonchev–Trinajstić information content (AvgIpc) is 2.98. The molecule has 0 radical (unpaired) electrons. The van der Waals surface area contributed by atoms with Gasteiger partial charge in [-0.3, -0.25) is 5.10 Å². The van der Waals surface area contributed by atoms with Gasteiger partial charge in [-0.2, -0.15) is 5.10 Å². The maximum Gasteiger partial charge on any atom is 0.184 e. The fraction of sp³-hybridized carbons (Fsp3) is 0.125. The highest BCUT2D eigenvalue weighted by Crippen LogP contribution is 2.34. The van der Waals surface area contributed by atoms with Crippen LogP contribution in [-0.4, -0.2) is 22.3 Å². The Morgan fingerprint density at radius 1 is 1.30 bits per heavy atom. The molecule has 0 bridgehead atoms. The minimum Gasteiger partial charge on any atom is -0.496 e. The van der Waals surface area contributed by atoms with E-state index in [4.69, 9.17) is 22.1 Å². The first-order valence-corrected chi connectivity index (χ1v) is 8.03. The van der Waals surface area contributed by atoms with Gasteiger partial charge in [0.25, 0.3) is 0 Å². The van der Waals surface area contributed by atoms with Gasteiger partial charge in [0.2, 0.25) is 0 Å². The summed E-state index contributed by atoms with van der Waals surface area (Å²) in [5.74, 6) is 1.86. The molecule has 0 spiro atoms. The van der Waals surface area contributed by atoms with Crippen LogP contribution in [0.15, 0.2) is 40.9 Å². The molecular weight excluding hydrogens is 380 g/mol. The van der Waals surface area contributed by atoms with Gasteiger partial charge in [0.1, 0.15) is 11.6 Å². The van der Waals surface area contributed by atoms with E-state index < -0.39 is 0 Å². The number of benzene rings is 2. The van der Waals surface area contributed by atoms with Gasteiger partial charge in [-0.1, -0.05) is 39.7 Å². The average molecular weight is 394 g/mol. The molecule has 0 unspecified atom stereocenters. The third-order valence-electron chi connectivity index (χ3n) is 3.35. The van der Waals surface area contributed by atoms with Crippen molar-refractivity contribution >= 4 is 33.2 Å². The molecule has 0 saturated carbocycles. The van der Waals surface area contributed by atoms with Crippen LogP contribution >= 0.6 is 27.5 Å². The Morgan fingerprint density at radius 3 is 2.87 bits per heavy atom. The summed E-state index contributed by atoms with van der Waals surface area (Å²) in [6.45, 7) is 0. The second kappa shape index (κ2) is 6.60. The molecule has 0 aliphatic rings. The van der Waals surface area contributed by atoms with E-state index in [0.717, 1.165) is 15.9 Å². The van der Waals surface area contributed by atoms with Crippen molar-refractivity contribution in [2.45, 2.75) is 6.42 Å². The standard InChI is InChI=1S/C16H14BrClN4O/c1-23-14-8-13(19)12(18)7-11(14)16-20-15(21-22-16)6-9-3-2-4-10(17)5-9/h2-5,7-8H,6,19H2,1H3,(H,20,21,22). The summed E-state index contributed by atoms with van der Waals surface area (Å²) in [7, 11) is 1.57. The van der Waals surface area contributed by atoms with Crippen molar-refractivity contribution in [1.29, 1.82) is 0 Å². The molecule has 23 heavy (non-hydrogen) atoms. The van der Waals surface area contributed by atoms with E-state index in [1.807, 2.05) is 24.3 Å². The molecule has 1 aromatic heterocycles. The molecule has 0 fully saturated rings. The number of nitrogens with zero attached hydrogens (tertiary/aromatic N) is 2. The molecule has 3 N–H and O–H groups in total. The highest BCUT2D eigenvalue weighted by atomic mass is 79.9. The van der Waals surface area contributed by atoms with Gasteiger partial charge in [-0.15, -0.1) is 0 Å². The summed E-state index contributed by atoms with van der Waals surface area (Å²) in [6, 6.07) is 11.4. The third kappa shape index (κ3) is 3.48. The number of ether oxygens (including phenoxy) is 1. The van der Waals surface area contributed by atoms with Crippen LogP contribution in [0.5, 0.6) is 5.75 Å². The number of hydrogen-bond donors (Lipinski definition) is 2. The zero-order valence-electron chi connectivity index (χ0n) is 12.3. The van der Waals surface area contributed by atoms with E-state index in [1.54, 1.807) is 19.2 Å². The minimum absolute atomic E-state index is 0.444. The SMILES string of the molecule is COc1cc(N)c(Cl)cc1-c1n[nH]c(Cc2cccc(Br)c2)n1. The number of rotatable bonds is 4. The van der Waals surface area contributed by atoms with Gasteiger partial charge in [-0.05, 0) is 23.8 Å². The van der Waals surface area contributed by atoms with E-state index in [2.05, 4.69) is 31.1 Å². The summed E-state index contributed by atoms with van der Waals surface area (Å²) in [4.78, 5) is 4.52. The van der Waals surface area contributed by atoms with Crippen LogP contribution in [0.2, 0.25) is 5.02 Å². The summed E-state index contributed by atoms with van der Waals surface area (Å²) >= 11 is 9.56. The molecule has 0 amide bonds. The van der Waals surface area contributed by atoms with Crippen LogP contribution in [0.1, 0.15) is 11.4 Å². The number of nitrogen functional groups attached to an aromatic ring is 1. The van der Waals surface area contributed by atoms with Crippen molar-refractivity contribution in [3.05, 3.63) is 57.3 Å². The molecule has 0 atom stereocenters. The van der Waals surface area contributed by atoms with E-state index in [0.29, 0.717) is 34.3 Å². The fourth-order valence-corrected chi connectivity index (χ4v) is 2.86. The second-order valence-corrected chi connectivity index (χ2v) is 6.31. The Balaban J connectivity index is 1.92. The number of nitrogens with one attached hydrogen (secondary N) is 1. The second-order valence-electron chi connectivity index (χ2n) is 4.99. The Labute approximate surface area is 147 Å². The normalized spacial score (nSPS) is 10.7. The van der Waals surface area contributed by atoms with Crippen LogP contribution in [0.3, 0.4) is 0 Å². The molecular formula is C16H14BrClN4O. The zero-order valence-corrected chi connectivity index (χ0v) is 14.6. The number of anilines is 1. The number of H-pyrrole nitrogens is 1. The summed E-state index contributed by atoms with van der Waals surface area (Å²) in [5, 5.41) is 7.65. The molecule has 0 aliphatic carbocycles. The quantitative estimate of drug-likeness (QED) is 0.655. The van der Waals surface area contributed by atoms with Gasteiger partial charge in [0.05, 0.1) is 23.4 Å². The first-order chi connectivity index (χ1) is 11.1. The number of aromatic amines is 1. The largest absolute Gasteiger partial charge is 0.496 e. The third-order valence-corrected chi connectivity index (χ3v) is 4.17. The number of halogens is 2. The van der Waals surface area contributed by atoms with Crippen LogP contribution in [-0.2, 0) is 6.42 Å². The smallest absolute Gasteiger partial charge is 0.184 e. The van der Waals surface area contributed by atoms with Crippen molar-refractivity contribution < 1.29 is 4.74 Å². The Morgan fingerprint density at radius 2 is 2.13 bits per heavy atom. The van der Waals surface area contributed by atoms with Gasteiger partial charge in [-0.25, -0.2) is 4.98 Å². The number of nitrogens with two attached hydrogens (primary N) is 1. The molecule has 7 heteroatoms. The predicted molar refractivity (Wildman–Crippen MR) is 94.7 cm³/mol. The Kier molecular flexibility index (Phi) is 4.54.